The van der Waals surface area contributed by atoms with E-state index in [1.807, 2.05) is 0 Å². The average molecular weight is 284 g/mol. The van der Waals surface area contributed by atoms with E-state index in [1.54, 1.807) is 0 Å². The molecule has 50 valence electrons. The number of nitrogens with zero attached hydrogens (tertiary/aromatic N) is 1. The number of hydrogen-bond acceptors (Lipinski definition) is 1. The van der Waals surface area contributed by atoms with Gasteiger partial charge >= 0.3 is 0 Å². The molecule has 0 aliphatic carbocycles. The van der Waals surface area contributed by atoms with Crippen molar-refractivity contribution in [1.82, 2.24) is 4.90 Å². The van der Waals surface area contributed by atoms with Gasteiger partial charge in [-0.05, 0) is 13.1 Å². The Balaban J connectivity index is 0. The largest absolute Gasteiger partial charge is 0.333 e. The Labute approximate surface area is 66.7 Å². The summed E-state index contributed by atoms with van der Waals surface area (Å²) in [7, 11) is 0. The van der Waals surface area contributed by atoms with Crippen LogP contribution >= 0.6 is 0 Å². The van der Waals surface area contributed by atoms with Crippen molar-refractivity contribution in [2.45, 2.75) is 13.8 Å². The van der Waals surface area contributed by atoms with Crippen molar-refractivity contribution < 1.29 is 21.1 Å². The first-order valence-electron chi connectivity index (χ1n) is 2.86. The molecule has 0 aromatic carbocycles. The van der Waals surface area contributed by atoms with Gasteiger partial charge in [-0.3, -0.25) is 0 Å². The van der Waals surface area contributed by atoms with Crippen molar-refractivity contribution in [3.05, 3.63) is 6.92 Å². The van der Waals surface area contributed by atoms with Crippen LogP contribution in [0.25, 0.3) is 0 Å². The third-order valence-electron chi connectivity index (χ3n) is 1.21. The molecule has 1 nitrogen and oxygen atoms in total. The van der Waals surface area contributed by atoms with Gasteiger partial charge in [0.1, 0.15) is 0 Å². The van der Waals surface area contributed by atoms with Crippen LogP contribution in [0.5, 0.6) is 0 Å². The van der Waals surface area contributed by atoms with Gasteiger partial charge in [0.25, 0.3) is 0 Å². The zero-order chi connectivity index (χ0) is 5.70. The smallest absolute Gasteiger partial charge is 0 e. The molecule has 0 N–H and O–H groups in total. The molecule has 0 saturated carbocycles. The maximum Gasteiger partial charge on any atom is 0 e. The quantitative estimate of drug-likeness (QED) is 0.703. The van der Waals surface area contributed by atoms with Gasteiger partial charge in [0.15, 0.2) is 0 Å². The van der Waals surface area contributed by atoms with E-state index in [9.17, 15) is 0 Å². The van der Waals surface area contributed by atoms with E-state index in [1.165, 1.54) is 0 Å². The fraction of sp³-hybridized carbons (Fsp3) is 0.833. The Hall–Kier alpha value is 0.648. The molecule has 0 unspecified atom stereocenters. The summed E-state index contributed by atoms with van der Waals surface area (Å²) in [5.41, 5.74) is 0. The molecular weight excluding hydrogens is 270 g/mol. The van der Waals surface area contributed by atoms with E-state index in [0.717, 1.165) is 19.6 Å². The zero-order valence-corrected chi connectivity index (χ0v) is 8.62. The minimum atomic E-state index is 0. The van der Waals surface area contributed by atoms with E-state index in [2.05, 4.69) is 25.7 Å². The molecule has 0 fully saturated rings. The summed E-state index contributed by atoms with van der Waals surface area (Å²) >= 11 is 0. The van der Waals surface area contributed by atoms with Crippen molar-refractivity contribution >= 4 is 0 Å². The summed E-state index contributed by atoms with van der Waals surface area (Å²) in [6.45, 7) is 11.2. The van der Waals surface area contributed by atoms with Crippen LogP contribution in [0, 0.1) is 6.92 Å². The SMILES string of the molecule is [CH2-]CN(CC)CC.[W]. The van der Waals surface area contributed by atoms with Crippen LogP contribution in [0.15, 0.2) is 0 Å². The van der Waals surface area contributed by atoms with Crippen LogP contribution in [-0.4, -0.2) is 24.5 Å². The predicted octanol–water partition coefficient (Wildman–Crippen LogP) is 1.16. The molecule has 0 aromatic rings. The molecule has 0 aromatic heterocycles. The van der Waals surface area contributed by atoms with Crippen molar-refractivity contribution in [3.63, 3.8) is 0 Å². The summed E-state index contributed by atoms with van der Waals surface area (Å²) in [6.07, 6.45) is 0. The molecule has 2 heteroatoms. The maximum absolute atomic E-state index is 3.75. The van der Waals surface area contributed by atoms with Crippen LogP contribution < -0.4 is 0 Å². The van der Waals surface area contributed by atoms with E-state index >= 15 is 0 Å². The van der Waals surface area contributed by atoms with Gasteiger partial charge in [-0.2, -0.15) is 0 Å². The molecule has 0 heterocycles. The molecule has 8 heavy (non-hydrogen) atoms. The van der Waals surface area contributed by atoms with Crippen molar-refractivity contribution in [2.24, 2.45) is 0 Å². The fourth-order valence-electron chi connectivity index (χ4n) is 0.540. The van der Waals surface area contributed by atoms with Crippen LogP contribution in [0.1, 0.15) is 13.8 Å². The first-order valence-corrected chi connectivity index (χ1v) is 2.86. The molecule has 0 bridgehead atoms. The van der Waals surface area contributed by atoms with Gasteiger partial charge in [-0.25, -0.2) is 0 Å². The molecule has 0 aliphatic rings. The first-order chi connectivity index (χ1) is 3.35. The monoisotopic (exact) mass is 284 g/mol. The maximum atomic E-state index is 3.75. The van der Waals surface area contributed by atoms with E-state index in [0.29, 0.717) is 0 Å². The van der Waals surface area contributed by atoms with Gasteiger partial charge in [-0.1, -0.05) is 13.8 Å². The van der Waals surface area contributed by atoms with Crippen molar-refractivity contribution in [2.75, 3.05) is 19.6 Å². The normalized spacial score (nSPS) is 9.00. The third-order valence-corrected chi connectivity index (χ3v) is 1.21. The Morgan fingerprint density at radius 1 is 1.25 bits per heavy atom. The standard InChI is InChI=1S/C6H14N.W/c1-4-7(5-2)6-3;/h1,4-6H2,2-3H3;/q-1;. The minimum Gasteiger partial charge on any atom is -0.333 e. The van der Waals surface area contributed by atoms with Crippen LogP contribution in [-0.2, 0) is 21.1 Å². The topological polar surface area (TPSA) is 3.24 Å². The second-order valence-electron chi connectivity index (χ2n) is 1.53. The predicted molar refractivity (Wildman–Crippen MR) is 33.1 cm³/mol. The molecule has 0 spiro atoms. The van der Waals surface area contributed by atoms with E-state index < -0.39 is 0 Å². The molecule has 0 aliphatic heterocycles. The summed E-state index contributed by atoms with van der Waals surface area (Å²) < 4.78 is 0. The van der Waals surface area contributed by atoms with Crippen LogP contribution in [0.4, 0.5) is 0 Å². The Kier molecular flexibility index (Phi) is 10.9. The number of hydrogen-bond donors (Lipinski definition) is 0. The molecule has 0 radical (unpaired) electrons. The summed E-state index contributed by atoms with van der Waals surface area (Å²) in [5.74, 6) is 0. The molecule has 0 amide bonds. The fourth-order valence-corrected chi connectivity index (χ4v) is 0.540. The first kappa shape index (κ1) is 11.4. The van der Waals surface area contributed by atoms with E-state index in [4.69, 9.17) is 0 Å². The van der Waals surface area contributed by atoms with Gasteiger partial charge in [0, 0.05) is 21.1 Å². The van der Waals surface area contributed by atoms with Crippen LogP contribution in [0.2, 0.25) is 0 Å². The van der Waals surface area contributed by atoms with Gasteiger partial charge < -0.3 is 11.8 Å². The summed E-state index contributed by atoms with van der Waals surface area (Å²) in [4.78, 5) is 2.26. The third kappa shape index (κ3) is 4.80. The molecular formula is C6H14NW-. The average Bonchev–Trinajstić information content (AvgIpc) is 1.72. The van der Waals surface area contributed by atoms with E-state index in [-0.39, 0.29) is 21.1 Å². The van der Waals surface area contributed by atoms with Gasteiger partial charge in [0.05, 0.1) is 0 Å². The second-order valence-corrected chi connectivity index (χ2v) is 1.53. The zero-order valence-electron chi connectivity index (χ0n) is 5.68. The van der Waals surface area contributed by atoms with Crippen molar-refractivity contribution in [1.29, 1.82) is 0 Å². The number of rotatable bonds is 3. The molecule has 0 saturated heterocycles. The van der Waals surface area contributed by atoms with Crippen LogP contribution in [0.3, 0.4) is 0 Å². The Morgan fingerprint density at radius 3 is 1.62 bits per heavy atom. The minimum absolute atomic E-state index is 0. The van der Waals surface area contributed by atoms with Gasteiger partial charge in [0.2, 0.25) is 0 Å². The Bertz CT molecular complexity index is 30.0. The summed E-state index contributed by atoms with van der Waals surface area (Å²) in [6, 6.07) is 0. The van der Waals surface area contributed by atoms with Crippen molar-refractivity contribution in [3.8, 4) is 0 Å². The summed E-state index contributed by atoms with van der Waals surface area (Å²) in [5, 5.41) is 0. The Morgan fingerprint density at radius 2 is 1.62 bits per heavy atom. The van der Waals surface area contributed by atoms with Gasteiger partial charge in [-0.15, -0.1) is 6.54 Å². The second kappa shape index (κ2) is 7.65. The molecule has 0 rings (SSSR count). The molecule has 0 atom stereocenters.